The molecule has 0 aliphatic heterocycles. The molecule has 1 aliphatic rings. The molecule has 30 heavy (non-hydrogen) atoms. The summed E-state index contributed by atoms with van der Waals surface area (Å²) in [4.78, 5) is 39.0. The Kier molecular flexibility index (Phi) is 6.34. The zero-order valence-corrected chi connectivity index (χ0v) is 17.3. The highest BCUT2D eigenvalue weighted by Gasteiger charge is 2.27. The SMILES string of the molecule is CN(C)c1ccc(C(=O)OCC(=O)N(C)[C@@H]2CCCc3ccccc32)cc1[N+](=O)[O-]. The number of likely N-dealkylation sites (N-methyl/N-ethyl adjacent to an activating group) is 1. The summed E-state index contributed by atoms with van der Waals surface area (Å²) >= 11 is 0. The minimum absolute atomic E-state index is 0.0331. The molecule has 2 aromatic carbocycles. The van der Waals surface area contributed by atoms with Crippen LogP contribution in [0.15, 0.2) is 42.5 Å². The molecule has 0 spiro atoms. The van der Waals surface area contributed by atoms with E-state index in [2.05, 4.69) is 6.07 Å². The normalized spacial score (nSPS) is 15.1. The predicted octanol–water partition coefficient (Wildman–Crippen LogP) is 3.35. The van der Waals surface area contributed by atoms with Crippen molar-refractivity contribution in [2.24, 2.45) is 0 Å². The lowest BCUT2D eigenvalue weighted by Crippen LogP contribution is -2.36. The maximum Gasteiger partial charge on any atom is 0.338 e. The number of benzene rings is 2. The largest absolute Gasteiger partial charge is 0.452 e. The number of anilines is 1. The van der Waals surface area contributed by atoms with Crippen molar-refractivity contribution in [3.8, 4) is 0 Å². The molecule has 0 saturated carbocycles. The molecule has 0 saturated heterocycles. The minimum Gasteiger partial charge on any atom is -0.452 e. The molecule has 2 aromatic rings. The van der Waals surface area contributed by atoms with E-state index in [0.29, 0.717) is 5.69 Å². The van der Waals surface area contributed by atoms with Gasteiger partial charge in [0.2, 0.25) is 0 Å². The van der Waals surface area contributed by atoms with Crippen LogP contribution in [0.2, 0.25) is 0 Å². The first-order chi connectivity index (χ1) is 14.3. The van der Waals surface area contributed by atoms with Crippen LogP contribution in [-0.4, -0.2) is 49.4 Å². The van der Waals surface area contributed by atoms with Crippen molar-refractivity contribution in [3.05, 3.63) is 69.3 Å². The van der Waals surface area contributed by atoms with Crippen molar-refractivity contribution in [1.82, 2.24) is 4.90 Å². The van der Waals surface area contributed by atoms with Crippen LogP contribution < -0.4 is 4.90 Å². The standard InChI is InChI=1S/C22H25N3O5/c1-23(2)19-12-11-16(13-20(19)25(28)29)22(27)30-14-21(26)24(3)18-10-6-8-15-7-4-5-9-17(15)18/h4-5,7,9,11-13,18H,6,8,10,14H2,1-3H3/t18-/m1/s1. The van der Waals surface area contributed by atoms with Crippen LogP contribution in [0.4, 0.5) is 11.4 Å². The summed E-state index contributed by atoms with van der Waals surface area (Å²) in [6.07, 6.45) is 2.83. The lowest BCUT2D eigenvalue weighted by Gasteiger charge is -2.33. The van der Waals surface area contributed by atoms with Gasteiger partial charge in [-0.1, -0.05) is 24.3 Å². The monoisotopic (exact) mass is 411 g/mol. The van der Waals surface area contributed by atoms with E-state index >= 15 is 0 Å². The van der Waals surface area contributed by atoms with Crippen LogP contribution in [0.25, 0.3) is 0 Å². The van der Waals surface area contributed by atoms with Gasteiger partial charge in [-0.15, -0.1) is 0 Å². The number of amides is 1. The smallest absolute Gasteiger partial charge is 0.338 e. The van der Waals surface area contributed by atoms with E-state index in [0.717, 1.165) is 24.8 Å². The fourth-order valence-corrected chi connectivity index (χ4v) is 3.79. The van der Waals surface area contributed by atoms with E-state index in [4.69, 9.17) is 4.74 Å². The summed E-state index contributed by atoms with van der Waals surface area (Å²) in [6.45, 7) is -0.419. The Morgan fingerprint density at radius 3 is 2.60 bits per heavy atom. The number of nitrogens with zero attached hydrogens (tertiary/aromatic N) is 3. The van der Waals surface area contributed by atoms with Gasteiger partial charge < -0.3 is 14.5 Å². The number of carbonyl (C=O) groups is 2. The van der Waals surface area contributed by atoms with Crippen molar-refractivity contribution in [2.45, 2.75) is 25.3 Å². The van der Waals surface area contributed by atoms with Gasteiger partial charge in [0.25, 0.3) is 11.6 Å². The molecule has 0 N–H and O–H groups in total. The summed E-state index contributed by atoms with van der Waals surface area (Å²) in [7, 11) is 5.07. The number of aryl methyl sites for hydroxylation is 1. The zero-order chi connectivity index (χ0) is 21.8. The third kappa shape index (κ3) is 4.42. The molecule has 3 rings (SSSR count). The Bertz CT molecular complexity index is 973. The average Bonchev–Trinajstić information content (AvgIpc) is 2.75. The molecule has 0 bridgehead atoms. The Labute approximate surface area is 175 Å². The van der Waals surface area contributed by atoms with Crippen LogP contribution in [0.5, 0.6) is 0 Å². The van der Waals surface area contributed by atoms with E-state index in [1.54, 1.807) is 30.9 Å². The van der Waals surface area contributed by atoms with E-state index < -0.39 is 17.5 Å². The Morgan fingerprint density at radius 1 is 1.17 bits per heavy atom. The van der Waals surface area contributed by atoms with Gasteiger partial charge >= 0.3 is 5.97 Å². The van der Waals surface area contributed by atoms with Gasteiger partial charge in [0.05, 0.1) is 16.5 Å². The predicted molar refractivity (Wildman–Crippen MR) is 113 cm³/mol. The van der Waals surface area contributed by atoms with Crippen LogP contribution in [0, 0.1) is 10.1 Å². The fraction of sp³-hybridized carbons (Fsp3) is 0.364. The number of hydrogen-bond donors (Lipinski definition) is 0. The number of esters is 1. The summed E-state index contributed by atoms with van der Waals surface area (Å²) in [6, 6.07) is 12.1. The van der Waals surface area contributed by atoms with Crippen LogP contribution >= 0.6 is 0 Å². The van der Waals surface area contributed by atoms with Crippen molar-refractivity contribution in [1.29, 1.82) is 0 Å². The number of fused-ring (bicyclic) bond motifs is 1. The Balaban J connectivity index is 1.67. The Morgan fingerprint density at radius 2 is 1.90 bits per heavy atom. The van der Waals surface area contributed by atoms with Gasteiger partial charge in [0.15, 0.2) is 6.61 Å². The fourth-order valence-electron chi connectivity index (χ4n) is 3.79. The first-order valence-electron chi connectivity index (χ1n) is 9.76. The molecule has 0 aromatic heterocycles. The van der Waals surface area contributed by atoms with Crippen molar-refractivity contribution < 1.29 is 19.2 Å². The number of ether oxygens (including phenoxy) is 1. The summed E-state index contributed by atoms with van der Waals surface area (Å²) < 4.78 is 5.16. The highest BCUT2D eigenvalue weighted by Crippen LogP contribution is 2.33. The zero-order valence-electron chi connectivity index (χ0n) is 17.3. The molecular formula is C22H25N3O5. The highest BCUT2D eigenvalue weighted by molar-refractivity contribution is 5.93. The molecule has 1 amide bonds. The Hall–Kier alpha value is -3.42. The molecule has 0 radical (unpaired) electrons. The third-order valence-corrected chi connectivity index (χ3v) is 5.42. The first kappa shape index (κ1) is 21.3. The molecule has 8 nitrogen and oxygen atoms in total. The molecule has 0 unspecified atom stereocenters. The third-order valence-electron chi connectivity index (χ3n) is 5.42. The summed E-state index contributed by atoms with van der Waals surface area (Å²) in [5.41, 5.74) is 2.57. The van der Waals surface area contributed by atoms with Gasteiger partial charge in [-0.25, -0.2) is 4.79 Å². The maximum atomic E-state index is 12.6. The van der Waals surface area contributed by atoms with Crippen LogP contribution in [0.3, 0.4) is 0 Å². The lowest BCUT2D eigenvalue weighted by atomic mass is 9.87. The van der Waals surface area contributed by atoms with Gasteiger partial charge in [0, 0.05) is 27.2 Å². The summed E-state index contributed by atoms with van der Waals surface area (Å²) in [5, 5.41) is 11.3. The van der Waals surface area contributed by atoms with E-state index in [1.807, 2.05) is 18.2 Å². The quantitative estimate of drug-likeness (QED) is 0.411. The van der Waals surface area contributed by atoms with Gasteiger partial charge in [-0.2, -0.15) is 0 Å². The van der Waals surface area contributed by atoms with Crippen molar-refractivity contribution >= 4 is 23.3 Å². The van der Waals surface area contributed by atoms with E-state index in [-0.39, 0.29) is 23.2 Å². The average molecular weight is 411 g/mol. The van der Waals surface area contributed by atoms with Crippen LogP contribution in [0.1, 0.15) is 40.4 Å². The second-order valence-corrected chi connectivity index (χ2v) is 7.54. The molecule has 1 aliphatic carbocycles. The number of rotatable bonds is 6. The van der Waals surface area contributed by atoms with Crippen molar-refractivity contribution in [3.63, 3.8) is 0 Å². The van der Waals surface area contributed by atoms with E-state index in [1.165, 1.54) is 23.8 Å². The second kappa shape index (κ2) is 8.94. The highest BCUT2D eigenvalue weighted by atomic mass is 16.6. The summed E-state index contributed by atoms with van der Waals surface area (Å²) in [5.74, 6) is -1.08. The van der Waals surface area contributed by atoms with Gasteiger partial charge in [-0.05, 0) is 42.5 Å². The van der Waals surface area contributed by atoms with Crippen LogP contribution in [-0.2, 0) is 16.0 Å². The number of carbonyl (C=O) groups excluding carboxylic acids is 2. The molecule has 158 valence electrons. The van der Waals surface area contributed by atoms with E-state index in [9.17, 15) is 19.7 Å². The molecule has 0 fully saturated rings. The molecule has 1 atom stereocenters. The number of nitro groups is 1. The van der Waals surface area contributed by atoms with Crippen molar-refractivity contribution in [2.75, 3.05) is 32.6 Å². The lowest BCUT2D eigenvalue weighted by molar-refractivity contribution is -0.384. The second-order valence-electron chi connectivity index (χ2n) is 7.54. The first-order valence-corrected chi connectivity index (χ1v) is 9.76. The van der Waals surface area contributed by atoms with Gasteiger partial charge in [-0.3, -0.25) is 14.9 Å². The maximum absolute atomic E-state index is 12.6. The molecule has 0 heterocycles. The number of hydrogen-bond acceptors (Lipinski definition) is 6. The molecule has 8 heteroatoms. The van der Waals surface area contributed by atoms with Gasteiger partial charge in [0.1, 0.15) is 5.69 Å². The number of nitro benzene ring substituents is 1. The minimum atomic E-state index is -0.769. The topological polar surface area (TPSA) is 93.0 Å². The molecular weight excluding hydrogens is 386 g/mol.